The normalized spacial score (nSPS) is 13.5. The van der Waals surface area contributed by atoms with Crippen molar-refractivity contribution in [3.63, 3.8) is 0 Å². The van der Waals surface area contributed by atoms with Crippen LogP contribution in [0, 0.1) is 0 Å². The summed E-state index contributed by atoms with van der Waals surface area (Å²) in [6.45, 7) is 2.94. The predicted octanol–water partition coefficient (Wildman–Crippen LogP) is 5.44. The van der Waals surface area contributed by atoms with Crippen LogP contribution in [0.1, 0.15) is 28.8 Å². The minimum Gasteiger partial charge on any atom is -0.481 e. The summed E-state index contributed by atoms with van der Waals surface area (Å²) in [5, 5.41) is 4.12. The third-order valence-electron chi connectivity index (χ3n) is 6.00. The number of hydrogen-bond acceptors (Lipinski definition) is 4. The van der Waals surface area contributed by atoms with E-state index in [4.69, 9.17) is 4.74 Å². The van der Waals surface area contributed by atoms with Crippen molar-refractivity contribution in [3.05, 3.63) is 95.3 Å². The quantitative estimate of drug-likeness (QED) is 0.379. The van der Waals surface area contributed by atoms with Crippen LogP contribution >= 0.6 is 0 Å². The van der Waals surface area contributed by atoms with Crippen LogP contribution in [0.25, 0.3) is 16.9 Å². The van der Waals surface area contributed by atoms with Crippen LogP contribution in [0.15, 0.2) is 72.9 Å². The van der Waals surface area contributed by atoms with Crippen LogP contribution in [-0.2, 0) is 19.5 Å². The Balaban J connectivity index is 1.33. The summed E-state index contributed by atoms with van der Waals surface area (Å²) in [5.74, 6) is 0.451. The lowest BCUT2D eigenvalue weighted by Gasteiger charge is -2.15. The van der Waals surface area contributed by atoms with Gasteiger partial charge in [-0.3, -0.25) is 4.90 Å². The van der Waals surface area contributed by atoms with Crippen molar-refractivity contribution in [2.24, 2.45) is 0 Å². The summed E-state index contributed by atoms with van der Waals surface area (Å²) in [5.41, 5.74) is 5.77. The van der Waals surface area contributed by atoms with Gasteiger partial charge in [0.2, 0.25) is 5.88 Å². The Morgan fingerprint density at radius 3 is 2.30 bits per heavy atom. The molecule has 168 valence electrons. The second kappa shape index (κ2) is 9.11. The molecule has 33 heavy (non-hydrogen) atoms. The molecule has 0 radical (unpaired) electrons. The number of halogens is 2. The van der Waals surface area contributed by atoms with Gasteiger partial charge in [0.05, 0.1) is 24.7 Å². The second-order valence-corrected chi connectivity index (χ2v) is 8.15. The summed E-state index contributed by atoms with van der Waals surface area (Å²) < 4.78 is 33.4. The molecule has 0 fully saturated rings. The number of alkyl halides is 2. The molecule has 2 aromatic carbocycles. The zero-order chi connectivity index (χ0) is 22.8. The number of aromatic nitrogens is 3. The standard InChI is InChI=1S/C26H24F2N4O/c1-33-25-11-10-22(15-29-25)32-24(14-23(30-32)26(27)28)19-8-6-18(7-9-19)12-13-31-16-20-4-2-3-5-21(20)17-31/h2-11,14-15,26H,12-13,16-17H2,1H3. The van der Waals surface area contributed by atoms with E-state index in [1.165, 1.54) is 34.5 Å². The monoisotopic (exact) mass is 446 g/mol. The Bertz CT molecular complexity index is 1210. The fraction of sp³-hybridized carbons (Fsp3) is 0.231. The Labute approximate surface area is 191 Å². The van der Waals surface area contributed by atoms with Gasteiger partial charge in [-0.15, -0.1) is 0 Å². The van der Waals surface area contributed by atoms with E-state index in [1.807, 2.05) is 12.1 Å². The van der Waals surface area contributed by atoms with Crippen LogP contribution < -0.4 is 4.74 Å². The van der Waals surface area contributed by atoms with Gasteiger partial charge in [0, 0.05) is 31.3 Å². The lowest BCUT2D eigenvalue weighted by molar-refractivity contribution is 0.145. The molecule has 1 aliphatic rings. The van der Waals surface area contributed by atoms with Crippen LogP contribution in [0.2, 0.25) is 0 Å². The van der Waals surface area contributed by atoms with E-state index < -0.39 is 6.43 Å². The number of benzene rings is 2. The second-order valence-electron chi connectivity index (χ2n) is 8.15. The molecule has 2 aromatic heterocycles. The highest BCUT2D eigenvalue weighted by Crippen LogP contribution is 2.29. The molecule has 1 aliphatic heterocycles. The summed E-state index contributed by atoms with van der Waals surface area (Å²) >= 11 is 0. The highest BCUT2D eigenvalue weighted by Gasteiger charge is 2.19. The van der Waals surface area contributed by atoms with Crippen molar-refractivity contribution in [1.29, 1.82) is 0 Å². The van der Waals surface area contributed by atoms with E-state index in [9.17, 15) is 8.78 Å². The van der Waals surface area contributed by atoms with Gasteiger partial charge in [0.25, 0.3) is 6.43 Å². The summed E-state index contributed by atoms with van der Waals surface area (Å²) in [7, 11) is 1.53. The molecule has 0 spiro atoms. The van der Waals surface area contributed by atoms with Crippen molar-refractivity contribution in [1.82, 2.24) is 19.7 Å². The van der Waals surface area contributed by atoms with E-state index in [1.54, 1.807) is 18.3 Å². The summed E-state index contributed by atoms with van der Waals surface area (Å²) in [6.07, 6.45) is -0.161. The number of hydrogen-bond donors (Lipinski definition) is 0. The Morgan fingerprint density at radius 2 is 1.70 bits per heavy atom. The molecule has 0 atom stereocenters. The molecule has 0 bridgehead atoms. The first-order valence-corrected chi connectivity index (χ1v) is 10.9. The fourth-order valence-corrected chi connectivity index (χ4v) is 4.22. The van der Waals surface area contributed by atoms with E-state index in [-0.39, 0.29) is 5.69 Å². The molecular weight excluding hydrogens is 422 g/mol. The molecule has 4 aromatic rings. The maximum atomic E-state index is 13.4. The van der Waals surface area contributed by atoms with E-state index in [2.05, 4.69) is 51.4 Å². The lowest BCUT2D eigenvalue weighted by Crippen LogP contribution is -2.19. The number of methoxy groups -OCH3 is 1. The van der Waals surface area contributed by atoms with Crippen molar-refractivity contribution in [2.75, 3.05) is 13.7 Å². The summed E-state index contributed by atoms with van der Waals surface area (Å²) in [4.78, 5) is 6.62. The molecular formula is C26H24F2N4O. The molecule has 0 unspecified atom stereocenters. The van der Waals surface area contributed by atoms with Gasteiger partial charge >= 0.3 is 0 Å². The zero-order valence-corrected chi connectivity index (χ0v) is 18.3. The first kappa shape index (κ1) is 21.3. The molecule has 0 saturated carbocycles. The van der Waals surface area contributed by atoms with E-state index >= 15 is 0 Å². The van der Waals surface area contributed by atoms with Crippen molar-refractivity contribution >= 4 is 0 Å². The van der Waals surface area contributed by atoms with Crippen molar-refractivity contribution in [2.45, 2.75) is 25.9 Å². The molecule has 0 N–H and O–H groups in total. The maximum Gasteiger partial charge on any atom is 0.282 e. The molecule has 0 saturated heterocycles. The molecule has 0 aliphatic carbocycles. The first-order chi connectivity index (χ1) is 16.1. The smallest absolute Gasteiger partial charge is 0.282 e. The zero-order valence-electron chi connectivity index (χ0n) is 18.3. The minimum absolute atomic E-state index is 0.265. The molecule has 0 amide bonds. The van der Waals surface area contributed by atoms with Crippen LogP contribution in [-0.4, -0.2) is 33.3 Å². The topological polar surface area (TPSA) is 43.2 Å². The van der Waals surface area contributed by atoms with Gasteiger partial charge in [-0.2, -0.15) is 5.10 Å². The Morgan fingerprint density at radius 1 is 0.970 bits per heavy atom. The van der Waals surface area contributed by atoms with Crippen LogP contribution in [0.4, 0.5) is 8.78 Å². The van der Waals surface area contributed by atoms with E-state index in [0.29, 0.717) is 17.3 Å². The van der Waals surface area contributed by atoms with Gasteiger partial charge in [-0.25, -0.2) is 18.4 Å². The largest absolute Gasteiger partial charge is 0.481 e. The van der Waals surface area contributed by atoms with Gasteiger partial charge in [-0.1, -0.05) is 48.5 Å². The van der Waals surface area contributed by atoms with Crippen LogP contribution in [0.3, 0.4) is 0 Å². The molecule has 7 heteroatoms. The number of ether oxygens (including phenoxy) is 1. The highest BCUT2D eigenvalue weighted by molar-refractivity contribution is 5.63. The highest BCUT2D eigenvalue weighted by atomic mass is 19.3. The number of rotatable bonds is 7. The molecule has 3 heterocycles. The third-order valence-corrected chi connectivity index (χ3v) is 6.00. The SMILES string of the molecule is COc1ccc(-n2nc(C(F)F)cc2-c2ccc(CCN3Cc4ccccc4C3)cc2)cn1. The minimum atomic E-state index is -2.65. The van der Waals surface area contributed by atoms with Gasteiger partial charge in [0.15, 0.2) is 0 Å². The number of fused-ring (bicyclic) bond motifs is 1. The number of pyridine rings is 1. The van der Waals surface area contributed by atoms with Gasteiger partial charge in [-0.05, 0) is 35.2 Å². The van der Waals surface area contributed by atoms with Gasteiger partial charge < -0.3 is 4.74 Å². The average Bonchev–Trinajstić information content (AvgIpc) is 3.48. The molecule has 5 rings (SSSR count). The molecule has 5 nitrogen and oxygen atoms in total. The van der Waals surface area contributed by atoms with Crippen molar-refractivity contribution in [3.8, 4) is 22.8 Å². The van der Waals surface area contributed by atoms with Gasteiger partial charge in [0.1, 0.15) is 5.69 Å². The Kier molecular flexibility index (Phi) is 5.88. The Hall–Kier alpha value is -3.58. The maximum absolute atomic E-state index is 13.4. The van der Waals surface area contributed by atoms with Crippen LogP contribution in [0.5, 0.6) is 5.88 Å². The predicted molar refractivity (Wildman–Crippen MR) is 123 cm³/mol. The first-order valence-electron chi connectivity index (χ1n) is 10.9. The van der Waals surface area contributed by atoms with Crippen molar-refractivity contribution < 1.29 is 13.5 Å². The van der Waals surface area contributed by atoms with E-state index in [0.717, 1.165) is 31.6 Å². The fourth-order valence-electron chi connectivity index (χ4n) is 4.22. The number of nitrogens with zero attached hydrogens (tertiary/aromatic N) is 4. The lowest BCUT2D eigenvalue weighted by atomic mass is 10.1. The average molecular weight is 447 g/mol. The third kappa shape index (κ3) is 4.50. The summed E-state index contributed by atoms with van der Waals surface area (Å²) in [6, 6.07) is 21.5.